The largest absolute Gasteiger partial charge is 0.496 e. The summed E-state index contributed by atoms with van der Waals surface area (Å²) in [7, 11) is 1.64. The maximum atomic E-state index is 5.85. The molecule has 0 aliphatic rings. The summed E-state index contributed by atoms with van der Waals surface area (Å²) in [6, 6.07) is 17.2. The summed E-state index contributed by atoms with van der Waals surface area (Å²) in [5.41, 5.74) is 4.31. The van der Waals surface area contributed by atoms with Crippen molar-refractivity contribution in [1.29, 1.82) is 0 Å². The second-order valence-electron chi connectivity index (χ2n) is 5.27. The minimum atomic E-state index is 0.459. The molecule has 118 valence electrons. The maximum absolute atomic E-state index is 5.85. The molecule has 0 spiro atoms. The van der Waals surface area contributed by atoms with E-state index in [-0.39, 0.29) is 0 Å². The maximum Gasteiger partial charge on any atom is 0.227 e. The summed E-state index contributed by atoms with van der Waals surface area (Å²) in [5, 5.41) is 0.459. The first-order valence-electron chi connectivity index (χ1n) is 7.40. The molecule has 24 heavy (non-hydrogen) atoms. The Kier molecular flexibility index (Phi) is 3.67. The number of methoxy groups -OCH3 is 1. The van der Waals surface area contributed by atoms with Crippen molar-refractivity contribution < 1.29 is 9.15 Å². The summed E-state index contributed by atoms with van der Waals surface area (Å²) >= 11 is 5.85. The third kappa shape index (κ3) is 2.61. The SMILES string of the molecule is COc1cc(-c2nc3ccccc3o2)ccc1-c1ccc(Cl)nc1. The topological polar surface area (TPSA) is 48.2 Å². The molecule has 5 heteroatoms. The molecule has 0 atom stereocenters. The number of oxazole rings is 1. The van der Waals surface area contributed by atoms with Crippen LogP contribution >= 0.6 is 11.6 Å². The number of nitrogens with zero attached hydrogens (tertiary/aromatic N) is 2. The van der Waals surface area contributed by atoms with Crippen LogP contribution in [0.1, 0.15) is 0 Å². The lowest BCUT2D eigenvalue weighted by Gasteiger charge is -2.09. The fourth-order valence-electron chi connectivity index (χ4n) is 2.59. The van der Waals surface area contributed by atoms with Gasteiger partial charge in [-0.25, -0.2) is 9.97 Å². The molecule has 0 aliphatic carbocycles. The van der Waals surface area contributed by atoms with Crippen molar-refractivity contribution in [2.75, 3.05) is 7.11 Å². The first-order valence-corrected chi connectivity index (χ1v) is 7.78. The van der Waals surface area contributed by atoms with Gasteiger partial charge in [0.1, 0.15) is 16.4 Å². The molecule has 0 amide bonds. The third-order valence-electron chi connectivity index (χ3n) is 3.78. The molecule has 2 aromatic heterocycles. The second-order valence-corrected chi connectivity index (χ2v) is 5.66. The number of aromatic nitrogens is 2. The molecule has 2 heterocycles. The molecule has 0 unspecified atom stereocenters. The van der Waals surface area contributed by atoms with Gasteiger partial charge in [-0.15, -0.1) is 0 Å². The molecule has 0 aliphatic heterocycles. The van der Waals surface area contributed by atoms with Crippen LogP contribution in [0.25, 0.3) is 33.7 Å². The van der Waals surface area contributed by atoms with E-state index in [9.17, 15) is 0 Å². The van der Waals surface area contributed by atoms with Gasteiger partial charge in [0.05, 0.1) is 7.11 Å². The average Bonchev–Trinajstić information content (AvgIpc) is 3.06. The van der Waals surface area contributed by atoms with Crippen molar-refractivity contribution in [1.82, 2.24) is 9.97 Å². The van der Waals surface area contributed by atoms with Crippen LogP contribution in [0, 0.1) is 0 Å². The highest BCUT2D eigenvalue weighted by molar-refractivity contribution is 6.29. The number of rotatable bonds is 3. The molecule has 0 saturated carbocycles. The monoisotopic (exact) mass is 336 g/mol. The fraction of sp³-hybridized carbons (Fsp3) is 0.0526. The number of hydrogen-bond acceptors (Lipinski definition) is 4. The van der Waals surface area contributed by atoms with E-state index in [4.69, 9.17) is 20.8 Å². The van der Waals surface area contributed by atoms with Crippen molar-refractivity contribution in [2.45, 2.75) is 0 Å². The molecule has 0 bridgehead atoms. The Morgan fingerprint density at radius 3 is 2.58 bits per heavy atom. The lowest BCUT2D eigenvalue weighted by Crippen LogP contribution is -1.90. The second kappa shape index (κ2) is 5.98. The standard InChI is InChI=1S/C19H13ClN2O2/c1-23-17-10-12(19-22-15-4-2-3-5-16(15)24-19)6-8-14(17)13-7-9-18(20)21-11-13/h2-11H,1H3. The summed E-state index contributed by atoms with van der Waals surface area (Å²) in [6.07, 6.45) is 1.72. The Morgan fingerprint density at radius 1 is 1.00 bits per heavy atom. The van der Waals surface area contributed by atoms with Crippen molar-refractivity contribution in [3.63, 3.8) is 0 Å². The van der Waals surface area contributed by atoms with Gasteiger partial charge in [0.25, 0.3) is 0 Å². The smallest absolute Gasteiger partial charge is 0.227 e. The quantitative estimate of drug-likeness (QED) is 0.481. The third-order valence-corrected chi connectivity index (χ3v) is 4.00. The minimum absolute atomic E-state index is 0.459. The Balaban J connectivity index is 1.79. The predicted molar refractivity (Wildman–Crippen MR) is 94.2 cm³/mol. The van der Waals surface area contributed by atoms with Crippen molar-refractivity contribution in [2.24, 2.45) is 0 Å². The van der Waals surface area contributed by atoms with E-state index in [0.29, 0.717) is 11.0 Å². The molecule has 2 aromatic carbocycles. The molecule has 0 N–H and O–H groups in total. The van der Waals surface area contributed by atoms with Crippen LogP contribution in [0.15, 0.2) is 65.2 Å². The molecule has 4 aromatic rings. The molecule has 4 rings (SSSR count). The molecule has 0 saturated heterocycles. The molecular formula is C19H13ClN2O2. The van der Waals surface area contributed by atoms with Gasteiger partial charge >= 0.3 is 0 Å². The van der Waals surface area contributed by atoms with Gasteiger partial charge in [0.15, 0.2) is 5.58 Å². The van der Waals surface area contributed by atoms with E-state index < -0.39 is 0 Å². The van der Waals surface area contributed by atoms with E-state index >= 15 is 0 Å². The van der Waals surface area contributed by atoms with Crippen molar-refractivity contribution >= 4 is 22.7 Å². The summed E-state index contributed by atoms with van der Waals surface area (Å²) in [5.74, 6) is 1.29. The van der Waals surface area contributed by atoms with Gasteiger partial charge in [-0.3, -0.25) is 0 Å². The van der Waals surface area contributed by atoms with Crippen LogP contribution in [0.2, 0.25) is 5.15 Å². The number of fused-ring (bicyclic) bond motifs is 1. The van der Waals surface area contributed by atoms with Crippen molar-refractivity contribution in [3.05, 3.63) is 65.9 Å². The van der Waals surface area contributed by atoms with Gasteiger partial charge in [0.2, 0.25) is 5.89 Å². The van der Waals surface area contributed by atoms with E-state index in [1.165, 1.54) is 0 Å². The highest BCUT2D eigenvalue weighted by Crippen LogP contribution is 2.34. The van der Waals surface area contributed by atoms with E-state index in [1.807, 2.05) is 48.5 Å². The zero-order valence-electron chi connectivity index (χ0n) is 12.9. The summed E-state index contributed by atoms with van der Waals surface area (Å²) < 4.78 is 11.4. The number of pyridine rings is 1. The van der Waals surface area contributed by atoms with E-state index in [1.54, 1.807) is 19.4 Å². The lowest BCUT2D eigenvalue weighted by molar-refractivity contribution is 0.416. The van der Waals surface area contributed by atoms with Crippen LogP contribution in [0.5, 0.6) is 5.75 Å². The van der Waals surface area contributed by atoms with Crippen molar-refractivity contribution in [3.8, 4) is 28.3 Å². The fourth-order valence-corrected chi connectivity index (χ4v) is 2.71. The number of hydrogen-bond donors (Lipinski definition) is 0. The van der Waals surface area contributed by atoms with Gasteiger partial charge in [0, 0.05) is 22.9 Å². The molecular weight excluding hydrogens is 324 g/mol. The van der Waals surface area contributed by atoms with Crippen LogP contribution in [0.3, 0.4) is 0 Å². The van der Waals surface area contributed by atoms with Gasteiger partial charge in [-0.2, -0.15) is 0 Å². The number of ether oxygens (including phenoxy) is 1. The van der Waals surface area contributed by atoms with Crippen LogP contribution in [0.4, 0.5) is 0 Å². The van der Waals surface area contributed by atoms with Gasteiger partial charge < -0.3 is 9.15 Å². The molecule has 0 fully saturated rings. The van der Waals surface area contributed by atoms with Crippen LogP contribution in [-0.2, 0) is 0 Å². The first-order chi connectivity index (χ1) is 11.7. The Bertz CT molecular complexity index is 976. The minimum Gasteiger partial charge on any atom is -0.496 e. The number of halogens is 1. The van der Waals surface area contributed by atoms with Crippen LogP contribution < -0.4 is 4.74 Å². The molecule has 0 radical (unpaired) electrons. The number of benzene rings is 2. The Labute approximate surface area is 143 Å². The van der Waals surface area contributed by atoms with Gasteiger partial charge in [-0.05, 0) is 42.5 Å². The summed E-state index contributed by atoms with van der Waals surface area (Å²) in [4.78, 5) is 8.64. The van der Waals surface area contributed by atoms with Gasteiger partial charge in [-0.1, -0.05) is 23.7 Å². The lowest BCUT2D eigenvalue weighted by atomic mass is 10.0. The zero-order chi connectivity index (χ0) is 16.5. The summed E-state index contributed by atoms with van der Waals surface area (Å²) in [6.45, 7) is 0. The van der Waals surface area contributed by atoms with Crippen LogP contribution in [-0.4, -0.2) is 17.1 Å². The highest BCUT2D eigenvalue weighted by Gasteiger charge is 2.12. The zero-order valence-corrected chi connectivity index (χ0v) is 13.6. The Hall–Kier alpha value is -2.85. The number of para-hydroxylation sites is 2. The first kappa shape index (κ1) is 14.7. The average molecular weight is 337 g/mol. The van der Waals surface area contributed by atoms with E-state index in [0.717, 1.165) is 33.5 Å². The van der Waals surface area contributed by atoms with E-state index in [2.05, 4.69) is 9.97 Å². The normalized spacial score (nSPS) is 10.9. The highest BCUT2D eigenvalue weighted by atomic mass is 35.5. The Morgan fingerprint density at radius 2 is 1.83 bits per heavy atom. The molecule has 4 nitrogen and oxygen atoms in total. The predicted octanol–water partition coefficient (Wildman–Crippen LogP) is 5.22.